The summed E-state index contributed by atoms with van der Waals surface area (Å²) in [7, 11) is 1.55. The number of benzene rings is 2. The van der Waals surface area contributed by atoms with Gasteiger partial charge in [0.2, 0.25) is 0 Å². The predicted octanol–water partition coefficient (Wildman–Crippen LogP) is 5.07. The predicted molar refractivity (Wildman–Crippen MR) is 116 cm³/mol. The van der Waals surface area contributed by atoms with Crippen LogP contribution in [0.4, 0.5) is 0 Å². The number of aromatic amines is 1. The molecule has 31 heavy (non-hydrogen) atoms. The number of rotatable bonds is 7. The fourth-order valence-electron chi connectivity index (χ4n) is 3.72. The van der Waals surface area contributed by atoms with Crippen LogP contribution in [0.15, 0.2) is 48.7 Å². The van der Waals surface area contributed by atoms with E-state index in [1.807, 2.05) is 31.2 Å². The molecule has 1 aliphatic carbocycles. The van der Waals surface area contributed by atoms with Crippen LogP contribution < -0.4 is 14.2 Å². The van der Waals surface area contributed by atoms with Crippen LogP contribution in [-0.2, 0) is 4.79 Å². The van der Waals surface area contributed by atoms with Crippen molar-refractivity contribution in [1.82, 2.24) is 9.97 Å². The van der Waals surface area contributed by atoms with Crippen molar-refractivity contribution in [1.29, 1.82) is 0 Å². The summed E-state index contributed by atoms with van der Waals surface area (Å²) in [5, 5.41) is 11.2. The number of hydrogen-bond donors (Lipinski definition) is 2. The third-order valence-electron chi connectivity index (χ3n) is 5.75. The molecule has 0 atom stereocenters. The first-order chi connectivity index (χ1) is 15.0. The lowest BCUT2D eigenvalue weighted by molar-refractivity contribution is -0.144. The second-order valence-corrected chi connectivity index (χ2v) is 8.01. The minimum atomic E-state index is -0.823. The van der Waals surface area contributed by atoms with E-state index < -0.39 is 11.4 Å². The van der Waals surface area contributed by atoms with Gasteiger partial charge in [-0.2, -0.15) is 0 Å². The van der Waals surface area contributed by atoms with Crippen LogP contribution in [0, 0.1) is 12.3 Å². The Labute approximate surface area is 178 Å². The van der Waals surface area contributed by atoms with Crippen LogP contribution in [0.3, 0.4) is 0 Å². The van der Waals surface area contributed by atoms with Gasteiger partial charge in [-0.25, -0.2) is 0 Å². The summed E-state index contributed by atoms with van der Waals surface area (Å²) < 4.78 is 17.5. The van der Waals surface area contributed by atoms with E-state index >= 15 is 0 Å². The third kappa shape index (κ3) is 3.52. The Bertz CT molecular complexity index is 1310. The molecule has 0 aliphatic heterocycles. The summed E-state index contributed by atoms with van der Waals surface area (Å²) in [5.41, 5.74) is 2.04. The summed E-state index contributed by atoms with van der Waals surface area (Å²) >= 11 is 0. The number of carbonyl (C=O) groups is 1. The van der Waals surface area contributed by atoms with Gasteiger partial charge in [0.25, 0.3) is 0 Å². The van der Waals surface area contributed by atoms with E-state index in [1.165, 1.54) is 0 Å². The van der Waals surface area contributed by atoms with Gasteiger partial charge in [-0.15, -0.1) is 0 Å². The van der Waals surface area contributed by atoms with Gasteiger partial charge in [0.1, 0.15) is 23.5 Å². The minimum Gasteiger partial charge on any atom is -0.493 e. The molecule has 1 saturated carbocycles. The first-order valence-corrected chi connectivity index (χ1v) is 10.1. The number of hydrogen-bond acceptors (Lipinski definition) is 5. The topological polar surface area (TPSA) is 93.7 Å². The summed E-state index contributed by atoms with van der Waals surface area (Å²) in [4.78, 5) is 19.2. The Balaban J connectivity index is 1.47. The Morgan fingerprint density at radius 2 is 1.97 bits per heavy atom. The Morgan fingerprint density at radius 3 is 2.71 bits per heavy atom. The second kappa shape index (κ2) is 7.19. The molecule has 7 nitrogen and oxygen atoms in total. The molecular formula is C24H22N2O5. The van der Waals surface area contributed by atoms with Gasteiger partial charge < -0.3 is 24.3 Å². The van der Waals surface area contributed by atoms with E-state index in [4.69, 9.17) is 14.2 Å². The van der Waals surface area contributed by atoms with Crippen molar-refractivity contribution < 1.29 is 24.1 Å². The molecule has 1 aliphatic rings. The Morgan fingerprint density at radius 1 is 1.13 bits per heavy atom. The van der Waals surface area contributed by atoms with Crippen molar-refractivity contribution in [3.63, 3.8) is 0 Å². The average Bonchev–Trinajstić information content (AvgIpc) is 3.46. The van der Waals surface area contributed by atoms with E-state index in [0.29, 0.717) is 35.6 Å². The van der Waals surface area contributed by atoms with Crippen molar-refractivity contribution in [2.45, 2.75) is 19.8 Å². The van der Waals surface area contributed by atoms with E-state index in [9.17, 15) is 9.90 Å². The summed E-state index contributed by atoms with van der Waals surface area (Å²) in [5.74, 6) is 1.51. The van der Waals surface area contributed by atoms with Crippen molar-refractivity contribution in [3.8, 4) is 23.0 Å². The highest BCUT2D eigenvalue weighted by molar-refractivity contribution is 5.89. The molecule has 158 valence electrons. The van der Waals surface area contributed by atoms with E-state index in [1.54, 1.807) is 25.4 Å². The van der Waals surface area contributed by atoms with Gasteiger partial charge in [0.05, 0.1) is 12.6 Å². The lowest BCUT2D eigenvalue weighted by Gasteiger charge is -2.16. The maximum Gasteiger partial charge on any atom is 0.313 e. The molecule has 4 aromatic rings. The molecule has 2 aromatic heterocycles. The minimum absolute atomic E-state index is 0.108. The van der Waals surface area contributed by atoms with Crippen LogP contribution >= 0.6 is 0 Å². The van der Waals surface area contributed by atoms with Crippen molar-refractivity contribution in [2.75, 3.05) is 13.7 Å². The van der Waals surface area contributed by atoms with Crippen molar-refractivity contribution in [3.05, 3.63) is 54.4 Å². The van der Waals surface area contributed by atoms with Crippen molar-refractivity contribution in [2.24, 2.45) is 5.41 Å². The van der Waals surface area contributed by atoms with Crippen molar-refractivity contribution >= 4 is 27.8 Å². The smallest absolute Gasteiger partial charge is 0.313 e. The summed E-state index contributed by atoms with van der Waals surface area (Å²) in [6.45, 7) is 2.13. The number of H-pyrrole nitrogens is 1. The fraction of sp³-hybridized carbons (Fsp3) is 0.250. The molecule has 5 rings (SSSR count). The van der Waals surface area contributed by atoms with Gasteiger partial charge in [-0.3, -0.25) is 9.78 Å². The number of pyridine rings is 1. The molecule has 0 saturated heterocycles. The SMILES string of the molecule is COc1cc2c(Oc3ccc4[nH]c(C)cc4c3)ccnc2cc1OCC1(C(=O)O)CC1. The molecule has 0 amide bonds. The van der Waals surface area contributed by atoms with Gasteiger partial charge in [-0.05, 0) is 56.2 Å². The number of nitrogens with one attached hydrogen (secondary N) is 1. The number of carboxylic acids is 1. The van der Waals surface area contributed by atoms with Crippen LogP contribution in [0.5, 0.6) is 23.0 Å². The molecule has 2 heterocycles. The standard InChI is InChI=1S/C24H22N2O5/c1-14-9-15-10-16(3-4-18(15)26-14)31-20-5-8-25-19-12-22(21(29-2)11-17(19)20)30-13-24(6-7-24)23(27)28/h3-5,8-12,26H,6-7,13H2,1-2H3,(H,27,28). The first-order valence-electron chi connectivity index (χ1n) is 10.1. The van der Waals surface area contributed by atoms with Gasteiger partial charge in [0.15, 0.2) is 11.5 Å². The van der Waals surface area contributed by atoms with E-state index in [0.717, 1.165) is 27.7 Å². The molecule has 0 spiro atoms. The maximum absolute atomic E-state index is 11.4. The zero-order chi connectivity index (χ0) is 21.6. The Kier molecular flexibility index (Phi) is 4.46. The molecule has 7 heteroatoms. The number of aliphatic carboxylic acids is 1. The number of carboxylic acid groups (broad SMARTS) is 1. The number of aryl methyl sites for hydroxylation is 1. The number of nitrogens with zero attached hydrogens (tertiary/aromatic N) is 1. The number of ether oxygens (including phenoxy) is 3. The molecular weight excluding hydrogens is 396 g/mol. The molecule has 2 aromatic carbocycles. The largest absolute Gasteiger partial charge is 0.493 e. The third-order valence-corrected chi connectivity index (χ3v) is 5.75. The highest BCUT2D eigenvalue weighted by atomic mass is 16.5. The number of fused-ring (bicyclic) bond motifs is 2. The molecule has 0 radical (unpaired) electrons. The monoisotopic (exact) mass is 418 g/mol. The van der Waals surface area contributed by atoms with Gasteiger partial charge in [0, 0.05) is 34.2 Å². The van der Waals surface area contributed by atoms with Crippen LogP contribution in [0.1, 0.15) is 18.5 Å². The lowest BCUT2D eigenvalue weighted by Crippen LogP contribution is -2.23. The maximum atomic E-state index is 11.4. The van der Waals surface area contributed by atoms with Crippen LogP contribution in [0.2, 0.25) is 0 Å². The van der Waals surface area contributed by atoms with E-state index in [-0.39, 0.29) is 6.61 Å². The van der Waals surface area contributed by atoms with Gasteiger partial charge >= 0.3 is 5.97 Å². The average molecular weight is 418 g/mol. The first kappa shape index (κ1) is 19.2. The summed E-state index contributed by atoms with van der Waals surface area (Å²) in [6.07, 6.45) is 2.92. The molecule has 1 fully saturated rings. The highest BCUT2D eigenvalue weighted by Crippen LogP contribution is 2.47. The Hall–Kier alpha value is -3.74. The number of aromatic nitrogens is 2. The van der Waals surface area contributed by atoms with Crippen LogP contribution in [-0.4, -0.2) is 34.8 Å². The molecule has 0 unspecified atom stereocenters. The second-order valence-electron chi connectivity index (χ2n) is 8.01. The fourth-order valence-corrected chi connectivity index (χ4v) is 3.72. The zero-order valence-electron chi connectivity index (χ0n) is 17.3. The molecule has 2 N–H and O–H groups in total. The highest BCUT2D eigenvalue weighted by Gasteiger charge is 2.51. The molecule has 0 bridgehead atoms. The number of methoxy groups -OCH3 is 1. The van der Waals surface area contributed by atoms with Crippen LogP contribution in [0.25, 0.3) is 21.8 Å². The summed E-state index contributed by atoms with van der Waals surface area (Å²) in [6, 6.07) is 13.3. The zero-order valence-corrected chi connectivity index (χ0v) is 17.3. The van der Waals surface area contributed by atoms with E-state index in [2.05, 4.69) is 16.0 Å². The normalized spacial score (nSPS) is 14.5. The van der Waals surface area contributed by atoms with Gasteiger partial charge in [-0.1, -0.05) is 0 Å². The quantitative estimate of drug-likeness (QED) is 0.435. The lowest BCUT2D eigenvalue weighted by atomic mass is 10.1.